The number of hydrogen-bond donors (Lipinski definition) is 4. The van der Waals surface area contributed by atoms with Gasteiger partial charge in [0.05, 0.1) is 30.2 Å². The number of carbonyl (C=O) groups is 2. The van der Waals surface area contributed by atoms with Gasteiger partial charge >= 0.3 is 0 Å². The molecule has 9 nitrogen and oxygen atoms in total. The van der Waals surface area contributed by atoms with E-state index < -0.39 is 6.29 Å². The van der Waals surface area contributed by atoms with Crippen molar-refractivity contribution in [1.82, 2.24) is 10.2 Å². The maximum Gasteiger partial charge on any atom is 0.224 e. The number of nitrogens with one attached hydrogen (secondary N) is 2. The highest BCUT2D eigenvalue weighted by Gasteiger charge is 2.34. The average Bonchev–Trinajstić information content (AvgIpc) is 3.73. The van der Waals surface area contributed by atoms with E-state index in [4.69, 9.17) is 15.2 Å². The molecule has 1 heterocycles. The highest BCUT2D eigenvalue weighted by atomic mass is 16.7. The molecular weight excluding hydrogens is 665 g/mol. The molecule has 0 bridgehead atoms. The zero-order chi connectivity index (χ0) is 37.0. The molecule has 0 aromatic heterocycles. The average molecular weight is 717 g/mol. The van der Waals surface area contributed by atoms with Crippen molar-refractivity contribution in [3.63, 3.8) is 0 Å². The lowest BCUT2D eigenvalue weighted by molar-refractivity contribution is -0.253. The summed E-state index contributed by atoms with van der Waals surface area (Å²) in [7, 11) is 0. The first-order chi connectivity index (χ1) is 25.9. The second-order valence-corrected chi connectivity index (χ2v) is 14.1. The van der Waals surface area contributed by atoms with Crippen LogP contribution in [0.25, 0.3) is 11.1 Å². The predicted molar refractivity (Wildman–Crippen MR) is 210 cm³/mol. The van der Waals surface area contributed by atoms with Gasteiger partial charge in [-0.1, -0.05) is 97.8 Å². The maximum absolute atomic E-state index is 12.6. The molecule has 1 saturated carbocycles. The number of nitrogen functional groups attached to an aromatic ring is 1. The first-order valence-corrected chi connectivity index (χ1v) is 18.8. The summed E-state index contributed by atoms with van der Waals surface area (Å²) in [4.78, 5) is 27.4. The van der Waals surface area contributed by atoms with Crippen LogP contribution in [-0.4, -0.2) is 47.1 Å². The first kappa shape index (κ1) is 37.9. The molecule has 4 aromatic carbocycles. The van der Waals surface area contributed by atoms with Crippen LogP contribution in [0.3, 0.4) is 0 Å². The molecular formula is C44H52N4O5. The summed E-state index contributed by atoms with van der Waals surface area (Å²) in [6, 6.07) is 32.1. The Morgan fingerprint density at radius 2 is 1.58 bits per heavy atom. The van der Waals surface area contributed by atoms with Crippen LogP contribution >= 0.6 is 0 Å². The molecule has 3 unspecified atom stereocenters. The molecule has 3 atom stereocenters. The van der Waals surface area contributed by atoms with Crippen molar-refractivity contribution in [3.05, 3.63) is 132 Å². The Morgan fingerprint density at radius 1 is 0.849 bits per heavy atom. The largest absolute Gasteiger partial charge is 0.397 e. The van der Waals surface area contributed by atoms with E-state index in [9.17, 15) is 14.7 Å². The standard InChI is InChI=1S/C44H52N4O5/c1-2-25-48(37-11-3-4-12-37)29-38-27-41(34-19-17-31(30-49)18-20-34)53-44(52-38)35-23-21-33(22-24-35)36-10-7-9-32(26-36)28-46-42(50)15-8-16-43(51)47-40-14-6-5-13-39(40)45/h2,5-7,9-10,13-14,17-24,26,37-38,41,44,49H,1,3-4,8,11-12,15-16,25,27-30,45H2,(H,46,50)(H,47,51). The van der Waals surface area contributed by atoms with Gasteiger partial charge in [-0.25, -0.2) is 0 Å². The van der Waals surface area contributed by atoms with Crippen molar-refractivity contribution in [2.24, 2.45) is 0 Å². The Morgan fingerprint density at radius 3 is 2.32 bits per heavy atom. The van der Waals surface area contributed by atoms with E-state index in [1.54, 1.807) is 12.1 Å². The number of ether oxygens (including phenoxy) is 2. The number of hydrogen-bond acceptors (Lipinski definition) is 7. The first-order valence-electron chi connectivity index (χ1n) is 18.8. The summed E-state index contributed by atoms with van der Waals surface area (Å²) in [6.07, 6.45) is 7.96. The van der Waals surface area contributed by atoms with Crippen molar-refractivity contribution in [2.75, 3.05) is 24.1 Å². The molecule has 2 amide bonds. The van der Waals surface area contributed by atoms with Crippen molar-refractivity contribution in [2.45, 2.75) is 89.1 Å². The summed E-state index contributed by atoms with van der Waals surface area (Å²) < 4.78 is 13.3. The van der Waals surface area contributed by atoms with Crippen LogP contribution in [0, 0.1) is 0 Å². The number of aliphatic hydroxyl groups excluding tert-OH is 1. The number of anilines is 2. The molecule has 278 valence electrons. The lowest BCUT2D eigenvalue weighted by Crippen LogP contribution is -2.43. The third-order valence-corrected chi connectivity index (χ3v) is 10.2. The van der Waals surface area contributed by atoms with E-state index in [0.29, 0.717) is 30.4 Å². The van der Waals surface area contributed by atoms with Gasteiger partial charge in [-0.3, -0.25) is 14.5 Å². The van der Waals surface area contributed by atoms with E-state index in [1.807, 2.05) is 42.5 Å². The molecule has 2 aliphatic rings. The second kappa shape index (κ2) is 18.8. The Kier molecular flexibility index (Phi) is 13.5. The predicted octanol–water partition coefficient (Wildman–Crippen LogP) is 7.83. The third-order valence-electron chi connectivity index (χ3n) is 10.2. The quantitative estimate of drug-likeness (QED) is 0.0688. The van der Waals surface area contributed by atoms with E-state index in [1.165, 1.54) is 25.7 Å². The molecule has 6 rings (SSSR count). The maximum atomic E-state index is 12.6. The number of rotatable bonds is 16. The van der Waals surface area contributed by atoms with Crippen LogP contribution in [0.2, 0.25) is 0 Å². The van der Waals surface area contributed by atoms with Crippen molar-refractivity contribution < 1.29 is 24.2 Å². The number of carbonyl (C=O) groups excluding carboxylic acids is 2. The molecule has 53 heavy (non-hydrogen) atoms. The number of nitrogens with two attached hydrogens (primary N) is 1. The molecule has 0 spiro atoms. The molecule has 4 aromatic rings. The molecule has 1 aliphatic carbocycles. The van der Waals surface area contributed by atoms with Crippen molar-refractivity contribution in [3.8, 4) is 11.1 Å². The topological polar surface area (TPSA) is 126 Å². The molecule has 5 N–H and O–H groups in total. The number of para-hydroxylation sites is 2. The smallest absolute Gasteiger partial charge is 0.224 e. The summed E-state index contributed by atoms with van der Waals surface area (Å²) in [5.74, 6) is -0.269. The van der Waals surface area contributed by atoms with E-state index in [2.05, 4.69) is 70.6 Å². The van der Waals surface area contributed by atoms with Crippen LogP contribution in [-0.2, 0) is 32.2 Å². The summed E-state index contributed by atoms with van der Waals surface area (Å²) >= 11 is 0. The monoisotopic (exact) mass is 716 g/mol. The zero-order valence-corrected chi connectivity index (χ0v) is 30.4. The minimum atomic E-state index is -0.524. The minimum Gasteiger partial charge on any atom is -0.397 e. The van der Waals surface area contributed by atoms with Crippen LogP contribution in [0.4, 0.5) is 11.4 Å². The van der Waals surface area contributed by atoms with Gasteiger partial charge in [0, 0.05) is 50.5 Å². The lowest BCUT2D eigenvalue weighted by Gasteiger charge is -2.39. The minimum absolute atomic E-state index is 0.00987. The van der Waals surface area contributed by atoms with Gasteiger partial charge in [-0.15, -0.1) is 6.58 Å². The van der Waals surface area contributed by atoms with Gasteiger partial charge in [0.15, 0.2) is 6.29 Å². The van der Waals surface area contributed by atoms with E-state index >= 15 is 0 Å². The normalized spacial score (nSPS) is 18.9. The van der Waals surface area contributed by atoms with Gasteiger partial charge in [0.25, 0.3) is 0 Å². The number of amides is 2. The summed E-state index contributed by atoms with van der Waals surface area (Å²) in [5, 5.41) is 15.4. The molecule has 0 radical (unpaired) electrons. The number of aliphatic hydroxyl groups is 1. The Labute approximate surface area is 313 Å². The van der Waals surface area contributed by atoms with Gasteiger partial charge < -0.3 is 30.9 Å². The number of benzene rings is 4. The Balaban J connectivity index is 1.06. The Hall–Kier alpha value is -4.80. The SMILES string of the molecule is C=CCN(CC1CC(c2ccc(CO)cc2)OC(c2ccc(-c3cccc(CNC(=O)CCCC(=O)Nc4ccccc4N)c3)cc2)O1)C1CCCC1. The number of nitrogens with zero attached hydrogens (tertiary/aromatic N) is 1. The second-order valence-electron chi connectivity index (χ2n) is 14.1. The highest BCUT2D eigenvalue weighted by Crippen LogP contribution is 2.39. The fraction of sp³-hybridized carbons (Fsp3) is 0.364. The molecule has 2 fully saturated rings. The summed E-state index contributed by atoms with van der Waals surface area (Å²) in [5.41, 5.74) is 13.0. The van der Waals surface area contributed by atoms with Gasteiger partial charge in [0.1, 0.15) is 0 Å². The van der Waals surface area contributed by atoms with Crippen LogP contribution < -0.4 is 16.4 Å². The molecule has 1 saturated heterocycles. The fourth-order valence-electron chi connectivity index (χ4n) is 7.32. The third kappa shape index (κ3) is 10.6. The van der Waals surface area contributed by atoms with Crippen LogP contribution in [0.5, 0.6) is 0 Å². The summed E-state index contributed by atoms with van der Waals surface area (Å²) in [6.45, 7) is 6.10. The van der Waals surface area contributed by atoms with Crippen molar-refractivity contribution >= 4 is 23.2 Å². The van der Waals surface area contributed by atoms with E-state index in [0.717, 1.165) is 52.9 Å². The Bertz CT molecular complexity index is 1810. The van der Waals surface area contributed by atoms with Crippen LogP contribution in [0.1, 0.15) is 86.0 Å². The molecule has 1 aliphatic heterocycles. The van der Waals surface area contributed by atoms with Gasteiger partial charge in [-0.05, 0) is 65.3 Å². The zero-order valence-electron chi connectivity index (χ0n) is 30.4. The fourth-order valence-corrected chi connectivity index (χ4v) is 7.32. The van der Waals surface area contributed by atoms with Crippen LogP contribution in [0.15, 0.2) is 110 Å². The van der Waals surface area contributed by atoms with Gasteiger partial charge in [-0.2, -0.15) is 0 Å². The van der Waals surface area contributed by atoms with Crippen molar-refractivity contribution in [1.29, 1.82) is 0 Å². The van der Waals surface area contributed by atoms with Gasteiger partial charge in [0.2, 0.25) is 11.8 Å². The van der Waals surface area contributed by atoms with E-state index in [-0.39, 0.29) is 43.5 Å². The molecule has 9 heteroatoms. The lowest BCUT2D eigenvalue weighted by atomic mass is 9.98. The highest BCUT2D eigenvalue weighted by molar-refractivity contribution is 5.94.